The fourth-order valence-electron chi connectivity index (χ4n) is 2.42. The van der Waals surface area contributed by atoms with E-state index in [1.54, 1.807) is 30.3 Å². The van der Waals surface area contributed by atoms with E-state index in [1.807, 2.05) is 0 Å². The van der Waals surface area contributed by atoms with Gasteiger partial charge in [-0.1, -0.05) is 48.2 Å². The summed E-state index contributed by atoms with van der Waals surface area (Å²) in [6.07, 6.45) is -4.32. The van der Waals surface area contributed by atoms with Crippen LogP contribution in [0.4, 0.5) is 13.2 Å². The molecule has 0 radical (unpaired) electrons. The normalized spacial score (nSPS) is 18.8. The molecule has 1 aliphatic rings. The molecule has 0 saturated carbocycles. The second-order valence-electron chi connectivity index (χ2n) is 5.59. The third-order valence-electron chi connectivity index (χ3n) is 3.68. The van der Waals surface area contributed by atoms with Gasteiger partial charge in [-0.05, 0) is 30.2 Å². The van der Waals surface area contributed by atoms with Crippen molar-refractivity contribution >= 4 is 28.7 Å². The number of rotatable bonds is 3. The van der Waals surface area contributed by atoms with Crippen LogP contribution in [-0.4, -0.2) is 22.2 Å². The number of benzene rings is 2. The molecule has 1 saturated heterocycles. The molecule has 0 aromatic heterocycles. The van der Waals surface area contributed by atoms with E-state index in [9.17, 15) is 22.8 Å². The number of halogens is 3. The number of hydrogen-bond acceptors (Lipinski definition) is 3. The van der Waals surface area contributed by atoms with Crippen LogP contribution < -0.4 is 5.32 Å². The zero-order chi connectivity index (χ0) is 18.7. The molecular formula is C18H13F3N2O2S. The van der Waals surface area contributed by atoms with Crippen molar-refractivity contribution in [3.8, 4) is 0 Å². The summed E-state index contributed by atoms with van der Waals surface area (Å²) in [5.74, 6) is -0.875. The molecule has 1 unspecified atom stereocenters. The summed E-state index contributed by atoms with van der Waals surface area (Å²) in [6.45, 7) is 0. The van der Waals surface area contributed by atoms with Crippen molar-refractivity contribution in [3.05, 3.63) is 71.3 Å². The number of amidine groups is 1. The fourth-order valence-corrected chi connectivity index (χ4v) is 3.42. The second kappa shape index (κ2) is 7.33. The lowest BCUT2D eigenvalue weighted by Gasteiger charge is -2.10. The molecule has 3 rings (SSSR count). The Labute approximate surface area is 151 Å². The third kappa shape index (κ3) is 4.32. The number of thioether (sulfide) groups is 1. The summed E-state index contributed by atoms with van der Waals surface area (Å²) in [5.41, 5.74) is 0.0193. The molecule has 2 amide bonds. The Morgan fingerprint density at radius 2 is 1.85 bits per heavy atom. The van der Waals surface area contributed by atoms with Gasteiger partial charge in [0.15, 0.2) is 5.17 Å². The molecule has 26 heavy (non-hydrogen) atoms. The topological polar surface area (TPSA) is 58.5 Å². The Kier molecular flexibility index (Phi) is 5.13. The second-order valence-corrected chi connectivity index (χ2v) is 6.78. The van der Waals surface area contributed by atoms with Crippen LogP contribution in [0.3, 0.4) is 0 Å². The number of hydrogen-bond donors (Lipinski definition) is 1. The van der Waals surface area contributed by atoms with Crippen LogP contribution in [0, 0.1) is 0 Å². The average molecular weight is 378 g/mol. The van der Waals surface area contributed by atoms with Crippen molar-refractivity contribution in [1.82, 2.24) is 5.32 Å². The van der Waals surface area contributed by atoms with E-state index in [4.69, 9.17) is 0 Å². The van der Waals surface area contributed by atoms with Crippen molar-refractivity contribution in [2.75, 3.05) is 0 Å². The highest BCUT2D eigenvalue weighted by Gasteiger charge is 2.33. The minimum atomic E-state index is -4.43. The number of carbonyl (C=O) groups excluding carboxylic acids is 2. The molecule has 1 N–H and O–H groups in total. The summed E-state index contributed by atoms with van der Waals surface area (Å²) in [5, 5.41) is 2.02. The zero-order valence-electron chi connectivity index (χ0n) is 13.3. The highest BCUT2D eigenvalue weighted by atomic mass is 32.2. The van der Waals surface area contributed by atoms with Gasteiger partial charge < -0.3 is 5.32 Å². The first-order valence-corrected chi connectivity index (χ1v) is 8.52. The van der Waals surface area contributed by atoms with Crippen molar-refractivity contribution in [2.45, 2.75) is 17.8 Å². The lowest BCUT2D eigenvalue weighted by atomic mass is 10.1. The SMILES string of the molecule is O=C(N=C1NC(=O)C(Cc2cccc(C(F)(F)F)c2)S1)c1ccccc1. The lowest BCUT2D eigenvalue weighted by molar-refractivity contribution is -0.137. The van der Waals surface area contributed by atoms with Gasteiger partial charge in [-0.2, -0.15) is 18.2 Å². The van der Waals surface area contributed by atoms with Crippen molar-refractivity contribution in [3.63, 3.8) is 0 Å². The summed E-state index contributed by atoms with van der Waals surface area (Å²) in [7, 11) is 0. The number of nitrogens with one attached hydrogen (secondary N) is 1. The van der Waals surface area contributed by atoms with E-state index < -0.39 is 22.9 Å². The molecule has 8 heteroatoms. The number of alkyl halides is 3. The van der Waals surface area contributed by atoms with Crippen LogP contribution in [0.5, 0.6) is 0 Å². The molecule has 1 aliphatic heterocycles. The first-order chi connectivity index (χ1) is 12.3. The third-order valence-corrected chi connectivity index (χ3v) is 4.76. The predicted octanol–water partition coefficient (Wildman–Crippen LogP) is 3.68. The molecule has 0 bridgehead atoms. The Bertz CT molecular complexity index is 866. The van der Waals surface area contributed by atoms with Crippen molar-refractivity contribution < 1.29 is 22.8 Å². The Balaban J connectivity index is 1.71. The Morgan fingerprint density at radius 3 is 2.54 bits per heavy atom. The van der Waals surface area contributed by atoms with Crippen molar-refractivity contribution in [2.24, 2.45) is 4.99 Å². The van der Waals surface area contributed by atoms with Gasteiger partial charge in [0.1, 0.15) is 0 Å². The summed E-state index contributed by atoms with van der Waals surface area (Å²) in [4.78, 5) is 28.0. The van der Waals surface area contributed by atoms with Crippen LogP contribution >= 0.6 is 11.8 Å². The molecule has 1 heterocycles. The van der Waals surface area contributed by atoms with Crippen LogP contribution in [0.25, 0.3) is 0 Å². The van der Waals surface area contributed by atoms with Gasteiger partial charge in [-0.25, -0.2) is 0 Å². The van der Waals surface area contributed by atoms with Gasteiger partial charge in [0.2, 0.25) is 5.91 Å². The summed E-state index contributed by atoms with van der Waals surface area (Å²) < 4.78 is 38.4. The average Bonchev–Trinajstić information content (AvgIpc) is 2.94. The predicted molar refractivity (Wildman–Crippen MR) is 92.9 cm³/mol. The fraction of sp³-hybridized carbons (Fsp3) is 0.167. The number of carbonyl (C=O) groups is 2. The first kappa shape index (κ1) is 18.2. The summed E-state index contributed by atoms with van der Waals surface area (Å²) in [6, 6.07) is 13.2. The minimum absolute atomic E-state index is 0.110. The van der Waals surface area contributed by atoms with E-state index in [-0.39, 0.29) is 17.5 Å². The maximum absolute atomic E-state index is 12.8. The maximum atomic E-state index is 12.8. The largest absolute Gasteiger partial charge is 0.416 e. The van der Waals surface area contributed by atoms with Gasteiger partial charge in [-0.15, -0.1) is 0 Å². The molecular weight excluding hydrogens is 365 g/mol. The van der Waals surface area contributed by atoms with E-state index in [0.29, 0.717) is 11.1 Å². The maximum Gasteiger partial charge on any atom is 0.416 e. The minimum Gasteiger partial charge on any atom is -0.304 e. The molecule has 1 fully saturated rings. The standard InChI is InChI=1S/C18H13F3N2O2S/c19-18(20,21)13-8-4-5-11(9-13)10-14-16(25)23-17(26-14)22-15(24)12-6-2-1-3-7-12/h1-9,14H,10H2,(H,22,23,24,25). The van der Waals surface area contributed by atoms with Gasteiger partial charge in [0.05, 0.1) is 10.8 Å². The van der Waals surface area contributed by atoms with E-state index in [0.717, 1.165) is 23.9 Å². The van der Waals surface area contributed by atoms with E-state index in [1.165, 1.54) is 12.1 Å². The van der Waals surface area contributed by atoms with Gasteiger partial charge in [0.25, 0.3) is 5.91 Å². The van der Waals surface area contributed by atoms with Crippen molar-refractivity contribution in [1.29, 1.82) is 0 Å². The first-order valence-electron chi connectivity index (χ1n) is 7.64. The zero-order valence-corrected chi connectivity index (χ0v) is 14.1. The smallest absolute Gasteiger partial charge is 0.304 e. The molecule has 0 spiro atoms. The van der Waals surface area contributed by atoms with Crippen LogP contribution in [0.1, 0.15) is 21.5 Å². The van der Waals surface area contributed by atoms with E-state index in [2.05, 4.69) is 10.3 Å². The van der Waals surface area contributed by atoms with Gasteiger partial charge in [-0.3, -0.25) is 9.59 Å². The lowest BCUT2D eigenvalue weighted by Crippen LogP contribution is -2.26. The van der Waals surface area contributed by atoms with E-state index >= 15 is 0 Å². The number of aliphatic imine (C=N–C) groups is 1. The van der Waals surface area contributed by atoms with Crippen LogP contribution in [0.15, 0.2) is 59.6 Å². The molecule has 134 valence electrons. The monoisotopic (exact) mass is 378 g/mol. The molecule has 4 nitrogen and oxygen atoms in total. The van der Waals surface area contributed by atoms with Crippen LogP contribution in [0.2, 0.25) is 0 Å². The number of amides is 2. The Hall–Kier alpha value is -2.61. The molecule has 2 aromatic rings. The number of nitrogens with zero attached hydrogens (tertiary/aromatic N) is 1. The van der Waals surface area contributed by atoms with Gasteiger partial charge >= 0.3 is 6.18 Å². The van der Waals surface area contributed by atoms with Crippen LogP contribution in [-0.2, 0) is 17.4 Å². The molecule has 2 aromatic carbocycles. The van der Waals surface area contributed by atoms with Gasteiger partial charge in [0, 0.05) is 5.56 Å². The Morgan fingerprint density at radius 1 is 1.12 bits per heavy atom. The highest BCUT2D eigenvalue weighted by Crippen LogP contribution is 2.31. The highest BCUT2D eigenvalue weighted by molar-refractivity contribution is 8.15. The molecule has 1 atom stereocenters. The summed E-state index contributed by atoms with van der Waals surface area (Å²) >= 11 is 1.04. The quantitative estimate of drug-likeness (QED) is 0.887. The molecule has 0 aliphatic carbocycles.